The number of ether oxygens (including phenoxy) is 1. The van der Waals surface area contributed by atoms with Gasteiger partial charge in [-0.1, -0.05) is 0 Å². The van der Waals surface area contributed by atoms with Gasteiger partial charge in [0.1, 0.15) is 11.6 Å². The molecule has 0 aliphatic carbocycles. The van der Waals surface area contributed by atoms with Gasteiger partial charge in [-0.25, -0.2) is 4.98 Å². The van der Waals surface area contributed by atoms with E-state index in [9.17, 15) is 4.79 Å². The number of aryl methyl sites for hydroxylation is 1. The maximum absolute atomic E-state index is 11.6. The van der Waals surface area contributed by atoms with Gasteiger partial charge in [0.15, 0.2) is 0 Å². The highest BCUT2D eigenvalue weighted by Gasteiger charge is 2.11. The van der Waals surface area contributed by atoms with Crippen LogP contribution in [0.3, 0.4) is 0 Å². The largest absolute Gasteiger partial charge is 0.381 e. The summed E-state index contributed by atoms with van der Waals surface area (Å²) >= 11 is 0. The van der Waals surface area contributed by atoms with Crippen molar-refractivity contribution < 1.29 is 9.53 Å². The molecule has 0 aliphatic rings. The lowest BCUT2D eigenvalue weighted by atomic mass is 10.1. The SMILES string of the molecule is CCn1ccnc1CC(=O)CC(C)OC. The maximum Gasteiger partial charge on any atom is 0.142 e. The summed E-state index contributed by atoms with van der Waals surface area (Å²) < 4.78 is 7.03. The van der Waals surface area contributed by atoms with E-state index in [1.807, 2.05) is 24.6 Å². The third-order valence-electron chi connectivity index (χ3n) is 2.42. The zero-order valence-corrected chi connectivity index (χ0v) is 9.56. The molecule has 0 N–H and O–H groups in total. The van der Waals surface area contributed by atoms with Crippen LogP contribution in [0.1, 0.15) is 26.1 Å². The molecule has 4 heteroatoms. The second kappa shape index (κ2) is 5.66. The molecule has 1 unspecified atom stereocenters. The van der Waals surface area contributed by atoms with Crippen LogP contribution in [0.2, 0.25) is 0 Å². The molecule has 84 valence electrons. The van der Waals surface area contributed by atoms with Gasteiger partial charge in [-0.2, -0.15) is 0 Å². The van der Waals surface area contributed by atoms with Crippen LogP contribution in [0.25, 0.3) is 0 Å². The molecule has 0 saturated heterocycles. The monoisotopic (exact) mass is 210 g/mol. The molecule has 4 nitrogen and oxygen atoms in total. The molecule has 0 amide bonds. The molecule has 0 aromatic carbocycles. The van der Waals surface area contributed by atoms with Crippen molar-refractivity contribution in [2.45, 2.75) is 39.3 Å². The van der Waals surface area contributed by atoms with E-state index in [0.29, 0.717) is 12.8 Å². The van der Waals surface area contributed by atoms with Gasteiger partial charge in [0.2, 0.25) is 0 Å². The first-order chi connectivity index (χ1) is 7.17. The summed E-state index contributed by atoms with van der Waals surface area (Å²) in [4.78, 5) is 15.8. The zero-order chi connectivity index (χ0) is 11.3. The normalized spacial score (nSPS) is 12.7. The minimum absolute atomic E-state index is 0.0115. The van der Waals surface area contributed by atoms with Gasteiger partial charge >= 0.3 is 0 Å². The Morgan fingerprint density at radius 2 is 2.40 bits per heavy atom. The van der Waals surface area contributed by atoms with Gasteiger partial charge in [0.25, 0.3) is 0 Å². The van der Waals surface area contributed by atoms with Gasteiger partial charge in [0, 0.05) is 32.5 Å². The number of hydrogen-bond donors (Lipinski definition) is 0. The predicted octanol–water partition coefficient (Wildman–Crippen LogP) is 1.44. The molecular formula is C11H18N2O2. The van der Waals surface area contributed by atoms with E-state index >= 15 is 0 Å². The Bertz CT molecular complexity index is 320. The van der Waals surface area contributed by atoms with Crippen molar-refractivity contribution in [1.29, 1.82) is 0 Å². The summed E-state index contributed by atoms with van der Waals surface area (Å²) in [5.74, 6) is 1.01. The van der Waals surface area contributed by atoms with Crippen molar-refractivity contribution >= 4 is 5.78 Å². The van der Waals surface area contributed by atoms with Gasteiger partial charge in [-0.15, -0.1) is 0 Å². The van der Waals surface area contributed by atoms with E-state index < -0.39 is 0 Å². The topological polar surface area (TPSA) is 44.1 Å². The fourth-order valence-corrected chi connectivity index (χ4v) is 1.45. The van der Waals surface area contributed by atoms with E-state index in [1.165, 1.54) is 0 Å². The highest BCUT2D eigenvalue weighted by atomic mass is 16.5. The van der Waals surface area contributed by atoms with Crippen molar-refractivity contribution in [3.05, 3.63) is 18.2 Å². The number of methoxy groups -OCH3 is 1. The van der Waals surface area contributed by atoms with Crippen LogP contribution < -0.4 is 0 Å². The fraction of sp³-hybridized carbons (Fsp3) is 0.636. The third-order valence-corrected chi connectivity index (χ3v) is 2.42. The second-order valence-corrected chi connectivity index (χ2v) is 3.60. The van der Waals surface area contributed by atoms with Gasteiger partial charge in [-0.3, -0.25) is 4.79 Å². The zero-order valence-electron chi connectivity index (χ0n) is 9.56. The van der Waals surface area contributed by atoms with Gasteiger partial charge in [0.05, 0.1) is 12.5 Å². The lowest BCUT2D eigenvalue weighted by molar-refractivity contribution is -0.120. The Kier molecular flexibility index (Phi) is 4.49. The number of carbonyl (C=O) groups excluding carboxylic acids is 1. The van der Waals surface area contributed by atoms with E-state index in [1.54, 1.807) is 13.3 Å². The van der Waals surface area contributed by atoms with Crippen LogP contribution in [0.4, 0.5) is 0 Å². The smallest absolute Gasteiger partial charge is 0.142 e. The number of hydrogen-bond acceptors (Lipinski definition) is 3. The summed E-state index contributed by atoms with van der Waals surface area (Å²) in [7, 11) is 1.62. The van der Waals surface area contributed by atoms with Crippen LogP contribution in [-0.4, -0.2) is 28.5 Å². The Labute approximate surface area is 90.3 Å². The molecule has 1 aromatic rings. The molecule has 1 atom stereocenters. The fourth-order valence-electron chi connectivity index (χ4n) is 1.45. The molecule has 0 spiro atoms. The number of Topliss-reactive ketones (excluding diaryl/α,β-unsaturated/α-hetero) is 1. The van der Waals surface area contributed by atoms with Crippen molar-refractivity contribution in [1.82, 2.24) is 9.55 Å². The molecule has 0 radical (unpaired) electrons. The highest BCUT2D eigenvalue weighted by Crippen LogP contribution is 2.04. The van der Waals surface area contributed by atoms with Crippen LogP contribution in [0.15, 0.2) is 12.4 Å². The van der Waals surface area contributed by atoms with Crippen molar-refractivity contribution in [3.63, 3.8) is 0 Å². The van der Waals surface area contributed by atoms with E-state index in [-0.39, 0.29) is 11.9 Å². The molecule has 15 heavy (non-hydrogen) atoms. The first-order valence-corrected chi connectivity index (χ1v) is 5.21. The van der Waals surface area contributed by atoms with E-state index in [2.05, 4.69) is 4.98 Å². The number of carbonyl (C=O) groups is 1. The number of ketones is 1. The summed E-state index contributed by atoms with van der Waals surface area (Å²) in [6.07, 6.45) is 4.46. The molecule has 1 aromatic heterocycles. The molecule has 0 aliphatic heterocycles. The lowest BCUT2D eigenvalue weighted by Gasteiger charge is -2.08. The van der Waals surface area contributed by atoms with Crippen LogP contribution in [0, 0.1) is 0 Å². The van der Waals surface area contributed by atoms with Crippen LogP contribution >= 0.6 is 0 Å². The number of rotatable bonds is 6. The molecular weight excluding hydrogens is 192 g/mol. The Morgan fingerprint density at radius 3 is 3.00 bits per heavy atom. The predicted molar refractivity (Wildman–Crippen MR) is 57.7 cm³/mol. The highest BCUT2D eigenvalue weighted by molar-refractivity contribution is 5.80. The first kappa shape index (κ1) is 11.9. The van der Waals surface area contributed by atoms with Crippen LogP contribution in [0.5, 0.6) is 0 Å². The minimum atomic E-state index is -0.0115. The van der Waals surface area contributed by atoms with Gasteiger partial charge < -0.3 is 9.30 Å². The molecule has 1 rings (SSSR count). The summed E-state index contributed by atoms with van der Waals surface area (Å²) in [6.45, 7) is 4.78. The number of nitrogens with zero attached hydrogens (tertiary/aromatic N) is 2. The molecule has 1 heterocycles. The van der Waals surface area contributed by atoms with E-state index in [4.69, 9.17) is 4.74 Å². The van der Waals surface area contributed by atoms with Crippen molar-refractivity contribution in [2.24, 2.45) is 0 Å². The Morgan fingerprint density at radius 1 is 1.67 bits per heavy atom. The third kappa shape index (κ3) is 3.47. The Balaban J connectivity index is 2.51. The van der Waals surface area contributed by atoms with Crippen molar-refractivity contribution in [2.75, 3.05) is 7.11 Å². The number of imidazole rings is 1. The average molecular weight is 210 g/mol. The first-order valence-electron chi connectivity index (χ1n) is 5.21. The molecule has 0 fully saturated rings. The average Bonchev–Trinajstić information content (AvgIpc) is 2.64. The van der Waals surface area contributed by atoms with Crippen LogP contribution in [-0.2, 0) is 22.5 Å². The second-order valence-electron chi connectivity index (χ2n) is 3.60. The van der Waals surface area contributed by atoms with Crippen molar-refractivity contribution in [3.8, 4) is 0 Å². The van der Waals surface area contributed by atoms with Gasteiger partial charge in [-0.05, 0) is 13.8 Å². The summed E-state index contributed by atoms with van der Waals surface area (Å²) in [6, 6.07) is 0. The lowest BCUT2D eigenvalue weighted by Crippen LogP contribution is -2.16. The minimum Gasteiger partial charge on any atom is -0.381 e. The molecule has 0 saturated carbocycles. The number of aromatic nitrogens is 2. The summed E-state index contributed by atoms with van der Waals surface area (Å²) in [5, 5.41) is 0. The summed E-state index contributed by atoms with van der Waals surface area (Å²) in [5.41, 5.74) is 0. The molecule has 0 bridgehead atoms. The Hall–Kier alpha value is -1.16. The quantitative estimate of drug-likeness (QED) is 0.713. The maximum atomic E-state index is 11.6. The standard InChI is InChI=1S/C11H18N2O2/c1-4-13-6-5-12-11(13)8-10(14)7-9(2)15-3/h5-6,9H,4,7-8H2,1-3H3. The van der Waals surface area contributed by atoms with E-state index in [0.717, 1.165) is 12.4 Å².